The SMILES string of the molecule is CCc1sc(C(=O)NNC(=O)CN2CCn3c(C)nnc3C2)cc1C. The Morgan fingerprint density at radius 2 is 2.04 bits per heavy atom. The fraction of sp³-hybridized carbons (Fsp3) is 0.500. The number of hydrazine groups is 1. The van der Waals surface area contributed by atoms with Gasteiger partial charge in [0.2, 0.25) is 0 Å². The van der Waals surface area contributed by atoms with Gasteiger partial charge >= 0.3 is 0 Å². The Hall–Kier alpha value is -2.26. The van der Waals surface area contributed by atoms with Crippen LogP contribution in [0.4, 0.5) is 0 Å². The molecule has 0 saturated carbocycles. The molecule has 1 aliphatic heterocycles. The highest BCUT2D eigenvalue weighted by atomic mass is 32.1. The van der Waals surface area contributed by atoms with E-state index in [4.69, 9.17) is 0 Å². The third kappa shape index (κ3) is 3.88. The predicted molar refractivity (Wildman–Crippen MR) is 94.1 cm³/mol. The zero-order valence-electron chi connectivity index (χ0n) is 14.6. The molecule has 0 aromatic carbocycles. The highest BCUT2D eigenvalue weighted by Crippen LogP contribution is 2.22. The standard InChI is InChI=1S/C16H22N6O2S/c1-4-12-10(2)7-13(25-12)16(24)20-19-15(23)9-21-5-6-22-11(3)17-18-14(22)8-21/h7H,4-6,8-9H2,1-3H3,(H,19,23)(H,20,24). The van der Waals surface area contributed by atoms with E-state index < -0.39 is 0 Å². The number of nitrogens with zero attached hydrogens (tertiary/aromatic N) is 4. The molecular weight excluding hydrogens is 340 g/mol. The maximum Gasteiger partial charge on any atom is 0.279 e. The van der Waals surface area contributed by atoms with E-state index in [1.165, 1.54) is 16.2 Å². The number of aryl methyl sites for hydroxylation is 3. The third-order valence-electron chi connectivity index (χ3n) is 4.27. The van der Waals surface area contributed by atoms with Crippen molar-refractivity contribution in [3.05, 3.63) is 33.0 Å². The molecule has 9 heteroatoms. The Bertz CT molecular complexity index is 797. The number of amides is 2. The van der Waals surface area contributed by atoms with E-state index in [9.17, 15) is 9.59 Å². The van der Waals surface area contributed by atoms with Crippen LogP contribution in [0, 0.1) is 13.8 Å². The number of aromatic nitrogens is 3. The van der Waals surface area contributed by atoms with Crippen LogP contribution in [0.3, 0.4) is 0 Å². The monoisotopic (exact) mass is 362 g/mol. The molecule has 3 heterocycles. The molecule has 1 aliphatic rings. The Kier molecular flexibility index (Phi) is 5.14. The summed E-state index contributed by atoms with van der Waals surface area (Å²) in [4.78, 5) is 28.0. The fourth-order valence-corrected chi connectivity index (χ4v) is 3.91. The quantitative estimate of drug-likeness (QED) is 0.785. The first-order chi connectivity index (χ1) is 12.0. The van der Waals surface area contributed by atoms with Crippen molar-refractivity contribution >= 4 is 23.2 Å². The van der Waals surface area contributed by atoms with Crippen molar-refractivity contribution in [2.75, 3.05) is 13.1 Å². The molecule has 2 aromatic heterocycles. The van der Waals surface area contributed by atoms with Gasteiger partial charge in [0.15, 0.2) is 0 Å². The predicted octanol–water partition coefficient (Wildman–Crippen LogP) is 0.796. The average Bonchev–Trinajstić information content (AvgIpc) is 3.15. The number of nitrogens with one attached hydrogen (secondary N) is 2. The van der Waals surface area contributed by atoms with Crippen molar-refractivity contribution in [1.82, 2.24) is 30.5 Å². The van der Waals surface area contributed by atoms with Crippen LogP contribution in [0.25, 0.3) is 0 Å². The van der Waals surface area contributed by atoms with Crippen LogP contribution in [-0.4, -0.2) is 44.6 Å². The van der Waals surface area contributed by atoms with E-state index in [-0.39, 0.29) is 18.4 Å². The van der Waals surface area contributed by atoms with Crippen LogP contribution >= 0.6 is 11.3 Å². The van der Waals surface area contributed by atoms with E-state index >= 15 is 0 Å². The summed E-state index contributed by atoms with van der Waals surface area (Å²) in [5, 5.41) is 8.17. The van der Waals surface area contributed by atoms with E-state index in [2.05, 4.69) is 32.5 Å². The summed E-state index contributed by atoms with van der Waals surface area (Å²) in [6, 6.07) is 1.85. The zero-order valence-corrected chi connectivity index (χ0v) is 15.4. The topological polar surface area (TPSA) is 92.2 Å². The van der Waals surface area contributed by atoms with Gasteiger partial charge < -0.3 is 4.57 Å². The van der Waals surface area contributed by atoms with Gasteiger partial charge in [0.1, 0.15) is 11.6 Å². The lowest BCUT2D eigenvalue weighted by atomic mass is 10.2. The van der Waals surface area contributed by atoms with Crippen LogP contribution in [0.1, 0.15) is 38.7 Å². The Morgan fingerprint density at radius 1 is 1.24 bits per heavy atom. The van der Waals surface area contributed by atoms with Gasteiger partial charge in [-0.3, -0.25) is 25.3 Å². The van der Waals surface area contributed by atoms with Gasteiger partial charge in [-0.1, -0.05) is 6.92 Å². The minimum atomic E-state index is -0.282. The number of thiophene rings is 1. The van der Waals surface area contributed by atoms with Crippen LogP contribution in [0.2, 0.25) is 0 Å². The molecule has 25 heavy (non-hydrogen) atoms. The highest BCUT2D eigenvalue weighted by Gasteiger charge is 2.21. The van der Waals surface area contributed by atoms with Crippen molar-refractivity contribution < 1.29 is 9.59 Å². The minimum absolute atomic E-state index is 0.204. The molecule has 3 rings (SSSR count). The summed E-state index contributed by atoms with van der Waals surface area (Å²) < 4.78 is 2.06. The van der Waals surface area contributed by atoms with Gasteiger partial charge in [0, 0.05) is 18.0 Å². The van der Waals surface area contributed by atoms with Gasteiger partial charge in [0.25, 0.3) is 11.8 Å². The number of rotatable bonds is 4. The summed E-state index contributed by atoms with van der Waals surface area (Å²) in [5.74, 6) is 1.22. The van der Waals surface area contributed by atoms with Gasteiger partial charge in [-0.25, -0.2) is 0 Å². The summed E-state index contributed by atoms with van der Waals surface area (Å²) in [6.07, 6.45) is 0.898. The Labute approximate surface area is 150 Å². The summed E-state index contributed by atoms with van der Waals surface area (Å²) in [5.41, 5.74) is 6.08. The van der Waals surface area contributed by atoms with E-state index in [1.54, 1.807) is 0 Å². The number of fused-ring (bicyclic) bond motifs is 1. The molecule has 0 radical (unpaired) electrons. The van der Waals surface area contributed by atoms with Crippen LogP contribution in [-0.2, 0) is 24.3 Å². The number of hydrogen-bond acceptors (Lipinski definition) is 6. The second-order valence-corrected chi connectivity index (χ2v) is 7.24. The molecule has 8 nitrogen and oxygen atoms in total. The second-order valence-electron chi connectivity index (χ2n) is 6.10. The lowest BCUT2D eigenvalue weighted by Crippen LogP contribution is -2.47. The van der Waals surface area contributed by atoms with Gasteiger partial charge in [-0.15, -0.1) is 21.5 Å². The van der Waals surface area contributed by atoms with Crippen molar-refractivity contribution in [2.24, 2.45) is 0 Å². The maximum absolute atomic E-state index is 12.1. The normalized spacial score (nSPS) is 14.2. The molecule has 2 N–H and O–H groups in total. The van der Waals surface area contributed by atoms with E-state index in [0.29, 0.717) is 11.4 Å². The molecule has 0 aliphatic carbocycles. The molecule has 0 spiro atoms. The van der Waals surface area contributed by atoms with Crippen LogP contribution in [0.5, 0.6) is 0 Å². The number of hydrogen-bond donors (Lipinski definition) is 2. The van der Waals surface area contributed by atoms with Crippen molar-refractivity contribution in [3.8, 4) is 0 Å². The molecule has 0 unspecified atom stereocenters. The molecule has 0 atom stereocenters. The summed E-state index contributed by atoms with van der Waals surface area (Å²) >= 11 is 1.46. The van der Waals surface area contributed by atoms with Gasteiger partial charge in [-0.05, 0) is 31.9 Å². The molecule has 2 amide bonds. The molecule has 134 valence electrons. The van der Waals surface area contributed by atoms with Crippen molar-refractivity contribution in [2.45, 2.75) is 40.3 Å². The van der Waals surface area contributed by atoms with Crippen molar-refractivity contribution in [1.29, 1.82) is 0 Å². The average molecular weight is 362 g/mol. The second kappa shape index (κ2) is 7.32. The maximum atomic E-state index is 12.1. The van der Waals surface area contributed by atoms with Gasteiger partial charge in [-0.2, -0.15) is 0 Å². The molecule has 2 aromatic rings. The minimum Gasteiger partial charge on any atom is -0.313 e. The summed E-state index contributed by atoms with van der Waals surface area (Å²) in [6.45, 7) is 8.26. The zero-order chi connectivity index (χ0) is 18.0. The molecule has 0 fully saturated rings. The van der Waals surface area contributed by atoms with E-state index in [1.807, 2.05) is 24.8 Å². The summed E-state index contributed by atoms with van der Waals surface area (Å²) in [7, 11) is 0. The molecular formula is C16H22N6O2S. The van der Waals surface area contributed by atoms with Crippen LogP contribution in [0.15, 0.2) is 6.07 Å². The largest absolute Gasteiger partial charge is 0.313 e. The number of carbonyl (C=O) groups excluding carboxylic acids is 2. The van der Waals surface area contributed by atoms with Crippen molar-refractivity contribution in [3.63, 3.8) is 0 Å². The first-order valence-corrected chi connectivity index (χ1v) is 9.09. The molecule has 0 saturated heterocycles. The highest BCUT2D eigenvalue weighted by molar-refractivity contribution is 7.14. The molecule has 0 bridgehead atoms. The number of carbonyl (C=O) groups is 2. The van der Waals surface area contributed by atoms with Gasteiger partial charge in [0.05, 0.1) is 18.0 Å². The Balaban J connectivity index is 1.49. The lowest BCUT2D eigenvalue weighted by Gasteiger charge is -2.26. The van der Waals surface area contributed by atoms with Crippen LogP contribution < -0.4 is 10.9 Å². The Morgan fingerprint density at radius 3 is 2.76 bits per heavy atom. The fourth-order valence-electron chi connectivity index (χ4n) is 2.90. The first kappa shape index (κ1) is 17.6. The lowest BCUT2D eigenvalue weighted by molar-refractivity contribution is -0.123. The smallest absolute Gasteiger partial charge is 0.279 e. The van der Waals surface area contributed by atoms with E-state index in [0.717, 1.165) is 36.7 Å². The third-order valence-corrected chi connectivity index (χ3v) is 5.65. The first-order valence-electron chi connectivity index (χ1n) is 8.27.